The van der Waals surface area contributed by atoms with E-state index in [-0.39, 0.29) is 30.3 Å². The Hall–Kier alpha value is -3.22. The van der Waals surface area contributed by atoms with Crippen molar-refractivity contribution in [3.63, 3.8) is 0 Å². The van der Waals surface area contributed by atoms with E-state index in [1.54, 1.807) is 19.2 Å². The molecule has 7 heteroatoms. The molecule has 1 atom stereocenters. The van der Waals surface area contributed by atoms with Crippen molar-refractivity contribution >= 4 is 23.5 Å². The molecule has 0 spiro atoms. The largest absolute Gasteiger partial charge is 0.478 e. The second-order valence-corrected chi connectivity index (χ2v) is 6.23. The van der Waals surface area contributed by atoms with E-state index in [2.05, 4.69) is 5.32 Å². The number of likely N-dealkylation sites (N-methyl/N-ethyl adjacent to an activating group) is 1. The molecule has 1 aliphatic rings. The highest BCUT2D eigenvalue weighted by Gasteiger charge is 2.32. The second-order valence-electron chi connectivity index (χ2n) is 6.23. The Balaban J connectivity index is 1.78. The van der Waals surface area contributed by atoms with E-state index in [1.807, 2.05) is 0 Å². The number of amides is 2. The van der Waals surface area contributed by atoms with Crippen LogP contribution in [0.4, 0.5) is 10.1 Å². The molecule has 0 saturated carbocycles. The van der Waals surface area contributed by atoms with E-state index in [4.69, 9.17) is 5.11 Å². The number of carboxylic acid groups (broad SMARTS) is 1. The molecule has 2 aromatic carbocycles. The standard InChI is InChI=1S/C19H17FN2O4/c1-22(10-11-2-4-12(5-3-11)19(25)26)18(24)15-9-17(23)21-16-8-13(20)6-7-14(15)16/h2-8,15H,9-10H2,1H3,(H,21,23)(H,25,26)/t15-/m0/s1. The van der Waals surface area contributed by atoms with Crippen LogP contribution < -0.4 is 5.32 Å². The van der Waals surface area contributed by atoms with Gasteiger partial charge in [-0.05, 0) is 35.4 Å². The van der Waals surface area contributed by atoms with Gasteiger partial charge >= 0.3 is 5.97 Å². The van der Waals surface area contributed by atoms with Crippen LogP contribution in [0.1, 0.15) is 33.8 Å². The third-order valence-electron chi connectivity index (χ3n) is 4.35. The number of anilines is 1. The quantitative estimate of drug-likeness (QED) is 0.882. The topological polar surface area (TPSA) is 86.7 Å². The number of carbonyl (C=O) groups excluding carboxylic acids is 2. The first-order valence-electron chi connectivity index (χ1n) is 8.01. The molecule has 26 heavy (non-hydrogen) atoms. The van der Waals surface area contributed by atoms with Gasteiger partial charge in [-0.3, -0.25) is 9.59 Å². The molecular formula is C19H17FN2O4. The summed E-state index contributed by atoms with van der Waals surface area (Å²) in [4.78, 5) is 37.1. The first-order chi connectivity index (χ1) is 12.3. The smallest absolute Gasteiger partial charge is 0.335 e. The van der Waals surface area contributed by atoms with Crippen LogP contribution in [0.2, 0.25) is 0 Å². The van der Waals surface area contributed by atoms with Crippen molar-refractivity contribution in [1.82, 2.24) is 4.90 Å². The molecule has 6 nitrogen and oxygen atoms in total. The van der Waals surface area contributed by atoms with Gasteiger partial charge in [-0.2, -0.15) is 0 Å². The number of carboxylic acids is 1. The monoisotopic (exact) mass is 356 g/mol. The first-order valence-corrected chi connectivity index (χ1v) is 8.01. The minimum Gasteiger partial charge on any atom is -0.478 e. The number of rotatable bonds is 4. The average Bonchev–Trinajstić information content (AvgIpc) is 2.60. The Morgan fingerprint density at radius 3 is 2.58 bits per heavy atom. The van der Waals surface area contributed by atoms with E-state index in [0.717, 1.165) is 5.56 Å². The number of hydrogen-bond donors (Lipinski definition) is 2. The van der Waals surface area contributed by atoms with Gasteiger partial charge in [0, 0.05) is 25.7 Å². The molecule has 2 amide bonds. The van der Waals surface area contributed by atoms with Crippen molar-refractivity contribution in [1.29, 1.82) is 0 Å². The van der Waals surface area contributed by atoms with E-state index >= 15 is 0 Å². The SMILES string of the molecule is CN(Cc1ccc(C(=O)O)cc1)C(=O)[C@H]1CC(=O)Nc2cc(F)ccc21. The number of nitrogens with one attached hydrogen (secondary N) is 1. The highest BCUT2D eigenvalue weighted by atomic mass is 19.1. The van der Waals surface area contributed by atoms with E-state index in [1.165, 1.54) is 35.2 Å². The fourth-order valence-corrected chi connectivity index (χ4v) is 3.03. The normalized spacial score (nSPS) is 15.8. The van der Waals surface area contributed by atoms with E-state index in [0.29, 0.717) is 11.3 Å². The van der Waals surface area contributed by atoms with Crippen molar-refractivity contribution in [2.75, 3.05) is 12.4 Å². The molecule has 2 N–H and O–H groups in total. The Labute approximate surface area is 149 Å². The molecule has 0 fully saturated rings. The van der Waals surface area contributed by atoms with Crippen molar-refractivity contribution in [3.8, 4) is 0 Å². The molecule has 0 bridgehead atoms. The van der Waals surface area contributed by atoms with E-state index < -0.39 is 17.7 Å². The maximum Gasteiger partial charge on any atom is 0.335 e. The molecule has 1 aliphatic heterocycles. The van der Waals surface area contributed by atoms with Gasteiger partial charge in [0.2, 0.25) is 11.8 Å². The summed E-state index contributed by atoms with van der Waals surface area (Å²) in [6.07, 6.45) is -0.000240. The second kappa shape index (κ2) is 6.95. The lowest BCUT2D eigenvalue weighted by molar-refractivity contribution is -0.134. The number of aromatic carboxylic acids is 1. The summed E-state index contributed by atoms with van der Waals surface area (Å²) in [5.74, 6) is -2.76. The van der Waals surface area contributed by atoms with Crippen LogP contribution in [0.5, 0.6) is 0 Å². The maximum atomic E-state index is 13.4. The maximum absolute atomic E-state index is 13.4. The van der Waals surface area contributed by atoms with Crippen LogP contribution >= 0.6 is 0 Å². The lowest BCUT2D eigenvalue weighted by Crippen LogP contribution is -2.36. The molecule has 0 aromatic heterocycles. The van der Waals surface area contributed by atoms with E-state index in [9.17, 15) is 18.8 Å². The summed E-state index contributed by atoms with van der Waals surface area (Å²) < 4.78 is 13.4. The minimum absolute atomic E-state index is 0.000240. The fraction of sp³-hybridized carbons (Fsp3) is 0.211. The van der Waals surface area contributed by atoms with Gasteiger partial charge < -0.3 is 15.3 Å². The lowest BCUT2D eigenvalue weighted by Gasteiger charge is -2.28. The van der Waals surface area contributed by atoms with Crippen molar-refractivity contribution < 1.29 is 23.9 Å². The van der Waals surface area contributed by atoms with Crippen LogP contribution in [0.3, 0.4) is 0 Å². The van der Waals surface area contributed by atoms with Crippen LogP contribution in [0, 0.1) is 5.82 Å². The van der Waals surface area contributed by atoms with Crippen LogP contribution in [0.25, 0.3) is 0 Å². The summed E-state index contributed by atoms with van der Waals surface area (Å²) in [6, 6.07) is 10.2. The van der Waals surface area contributed by atoms with Crippen LogP contribution in [-0.2, 0) is 16.1 Å². The van der Waals surface area contributed by atoms with Gasteiger partial charge in [0.1, 0.15) is 5.82 Å². The molecule has 2 aromatic rings. The van der Waals surface area contributed by atoms with Gasteiger partial charge in [0.15, 0.2) is 0 Å². The average molecular weight is 356 g/mol. The van der Waals surface area contributed by atoms with Crippen molar-refractivity contribution in [2.45, 2.75) is 18.9 Å². The highest BCUT2D eigenvalue weighted by molar-refractivity contribution is 6.01. The number of hydrogen-bond acceptors (Lipinski definition) is 3. The molecule has 0 unspecified atom stereocenters. The van der Waals surface area contributed by atoms with Gasteiger partial charge in [0.05, 0.1) is 11.5 Å². The zero-order valence-corrected chi connectivity index (χ0v) is 14.0. The van der Waals surface area contributed by atoms with Gasteiger partial charge in [-0.25, -0.2) is 9.18 Å². The highest BCUT2D eigenvalue weighted by Crippen LogP contribution is 2.34. The number of nitrogens with zero attached hydrogens (tertiary/aromatic N) is 1. The van der Waals surface area contributed by atoms with Gasteiger partial charge in [-0.1, -0.05) is 18.2 Å². The van der Waals surface area contributed by atoms with Gasteiger partial charge in [0.25, 0.3) is 0 Å². The molecule has 0 radical (unpaired) electrons. The summed E-state index contributed by atoms with van der Waals surface area (Å²) in [5, 5.41) is 11.5. The predicted octanol–water partition coefficient (Wildman–Crippen LogP) is 2.61. The van der Waals surface area contributed by atoms with Crippen LogP contribution in [0.15, 0.2) is 42.5 Å². The van der Waals surface area contributed by atoms with Crippen molar-refractivity contribution in [2.24, 2.45) is 0 Å². The number of halogens is 1. The zero-order valence-electron chi connectivity index (χ0n) is 14.0. The van der Waals surface area contributed by atoms with Crippen molar-refractivity contribution in [3.05, 3.63) is 65.0 Å². The Kier molecular flexibility index (Phi) is 4.71. The van der Waals surface area contributed by atoms with Crippen LogP contribution in [-0.4, -0.2) is 34.8 Å². The summed E-state index contributed by atoms with van der Waals surface area (Å²) in [5.41, 5.74) is 1.84. The number of fused-ring (bicyclic) bond motifs is 1. The summed E-state index contributed by atoms with van der Waals surface area (Å²) >= 11 is 0. The Bertz CT molecular complexity index is 880. The molecular weight excluding hydrogens is 339 g/mol. The van der Waals surface area contributed by atoms with Gasteiger partial charge in [-0.15, -0.1) is 0 Å². The molecule has 0 saturated heterocycles. The first kappa shape index (κ1) is 17.6. The minimum atomic E-state index is -1.02. The summed E-state index contributed by atoms with van der Waals surface area (Å²) in [6.45, 7) is 0.271. The zero-order chi connectivity index (χ0) is 18.8. The third kappa shape index (κ3) is 3.56. The lowest BCUT2D eigenvalue weighted by atomic mass is 9.89. The molecule has 134 valence electrons. The molecule has 3 rings (SSSR count). The predicted molar refractivity (Wildman–Crippen MR) is 92.3 cm³/mol. The third-order valence-corrected chi connectivity index (χ3v) is 4.35. The number of benzene rings is 2. The Morgan fingerprint density at radius 2 is 1.92 bits per heavy atom. The Morgan fingerprint density at radius 1 is 1.23 bits per heavy atom. The number of carbonyl (C=O) groups is 3. The molecule has 1 heterocycles. The summed E-state index contributed by atoms with van der Waals surface area (Å²) in [7, 11) is 1.61. The fourth-order valence-electron chi connectivity index (χ4n) is 3.03. The molecule has 0 aliphatic carbocycles.